The normalized spacial score (nSPS) is 10.3. The molecular weight excluding hydrogens is 200 g/mol. The van der Waals surface area contributed by atoms with Crippen molar-refractivity contribution in [3.8, 4) is 11.8 Å². The summed E-state index contributed by atoms with van der Waals surface area (Å²) in [4.78, 5) is 0. The zero-order chi connectivity index (χ0) is 11.5. The maximum atomic E-state index is 8.63. The van der Waals surface area contributed by atoms with Crippen molar-refractivity contribution in [1.82, 2.24) is 4.57 Å². The molecule has 2 aromatic rings. The van der Waals surface area contributed by atoms with Gasteiger partial charge in [-0.3, -0.25) is 0 Å². The predicted octanol–water partition coefficient (Wildman–Crippen LogP) is 2.64. The summed E-state index contributed by atoms with van der Waals surface area (Å²) < 4.78 is 7.40. The number of nitrogens with zero attached hydrogens (tertiary/aromatic N) is 2. The van der Waals surface area contributed by atoms with E-state index in [4.69, 9.17) is 10.00 Å². The van der Waals surface area contributed by atoms with Crippen LogP contribution in [-0.4, -0.2) is 11.7 Å². The Morgan fingerprint density at radius 1 is 1.44 bits per heavy atom. The molecule has 0 radical (unpaired) electrons. The minimum atomic E-state index is 0.552. The van der Waals surface area contributed by atoms with E-state index in [1.165, 1.54) is 10.9 Å². The first-order valence-corrected chi connectivity index (χ1v) is 5.25. The van der Waals surface area contributed by atoms with E-state index in [9.17, 15) is 0 Å². The molecular formula is C13H14N2O. The van der Waals surface area contributed by atoms with Gasteiger partial charge >= 0.3 is 0 Å². The second-order valence-corrected chi connectivity index (χ2v) is 3.78. The zero-order valence-electron chi connectivity index (χ0n) is 9.53. The maximum Gasteiger partial charge on any atom is 0.143 e. The molecule has 1 aromatic heterocycles. The van der Waals surface area contributed by atoms with E-state index in [2.05, 4.69) is 22.9 Å². The first kappa shape index (κ1) is 10.6. The lowest BCUT2D eigenvalue weighted by molar-refractivity contribution is 0.418. The van der Waals surface area contributed by atoms with Gasteiger partial charge in [-0.1, -0.05) is 12.1 Å². The highest BCUT2D eigenvalue weighted by Gasteiger charge is 2.09. The molecule has 0 amide bonds. The van der Waals surface area contributed by atoms with E-state index in [0.29, 0.717) is 6.42 Å². The smallest absolute Gasteiger partial charge is 0.143 e. The number of rotatable bonds is 3. The first-order chi connectivity index (χ1) is 7.77. The number of hydrogen-bond donors (Lipinski definition) is 0. The van der Waals surface area contributed by atoms with Crippen molar-refractivity contribution < 1.29 is 4.74 Å². The summed E-state index contributed by atoms with van der Waals surface area (Å²) in [6, 6.07) is 8.19. The van der Waals surface area contributed by atoms with Gasteiger partial charge in [0.1, 0.15) is 5.75 Å². The molecule has 0 bridgehead atoms. The first-order valence-electron chi connectivity index (χ1n) is 5.25. The number of methoxy groups -OCH3 is 1. The minimum absolute atomic E-state index is 0.552. The van der Waals surface area contributed by atoms with Crippen LogP contribution in [0.1, 0.15) is 12.0 Å². The lowest BCUT2D eigenvalue weighted by Gasteiger charge is -2.03. The van der Waals surface area contributed by atoms with Gasteiger partial charge in [0, 0.05) is 25.1 Å². The Kier molecular flexibility index (Phi) is 2.82. The van der Waals surface area contributed by atoms with Crippen LogP contribution in [0.25, 0.3) is 10.9 Å². The Morgan fingerprint density at radius 3 is 2.94 bits per heavy atom. The van der Waals surface area contributed by atoms with Crippen molar-refractivity contribution in [1.29, 1.82) is 5.26 Å². The molecule has 0 spiro atoms. The van der Waals surface area contributed by atoms with Gasteiger partial charge in [0.05, 0.1) is 18.7 Å². The Hall–Kier alpha value is -1.95. The van der Waals surface area contributed by atoms with Crippen LogP contribution < -0.4 is 4.74 Å². The van der Waals surface area contributed by atoms with Crippen LogP contribution >= 0.6 is 0 Å². The van der Waals surface area contributed by atoms with Crippen LogP contribution in [0.2, 0.25) is 0 Å². The summed E-state index contributed by atoms with van der Waals surface area (Å²) in [5.74, 6) is 0.878. The Balaban J connectivity index is 2.58. The topological polar surface area (TPSA) is 37.9 Å². The lowest BCUT2D eigenvalue weighted by Crippen LogP contribution is -1.89. The van der Waals surface area contributed by atoms with Gasteiger partial charge in [-0.05, 0) is 18.1 Å². The third kappa shape index (κ3) is 1.63. The standard InChI is InChI=1S/C13H14N2O/c1-15-9-10(5-4-8-14)11-6-3-7-12(16-2)13(11)15/h3,6-7,9H,4-5H2,1-2H3. The number of aromatic nitrogens is 1. The van der Waals surface area contributed by atoms with E-state index < -0.39 is 0 Å². The van der Waals surface area contributed by atoms with Gasteiger partial charge in [-0.2, -0.15) is 5.26 Å². The largest absolute Gasteiger partial charge is 0.495 e. The van der Waals surface area contributed by atoms with Gasteiger partial charge in [-0.15, -0.1) is 0 Å². The van der Waals surface area contributed by atoms with Crippen LogP contribution in [0.5, 0.6) is 5.75 Å². The SMILES string of the molecule is COc1cccc2c(CCC#N)cn(C)c12. The molecule has 82 valence electrons. The molecule has 0 unspecified atom stereocenters. The average molecular weight is 214 g/mol. The van der Waals surface area contributed by atoms with E-state index >= 15 is 0 Å². The Morgan fingerprint density at radius 2 is 2.25 bits per heavy atom. The fourth-order valence-electron chi connectivity index (χ4n) is 2.07. The summed E-state index contributed by atoms with van der Waals surface area (Å²) in [6.45, 7) is 0. The highest BCUT2D eigenvalue weighted by molar-refractivity contribution is 5.89. The van der Waals surface area contributed by atoms with Crippen LogP contribution in [0, 0.1) is 11.3 Å². The van der Waals surface area contributed by atoms with Gasteiger partial charge in [0.25, 0.3) is 0 Å². The molecule has 0 saturated heterocycles. The molecule has 0 atom stereocenters. The highest BCUT2D eigenvalue weighted by atomic mass is 16.5. The third-order valence-corrected chi connectivity index (χ3v) is 2.77. The average Bonchev–Trinajstić information content (AvgIpc) is 2.64. The molecule has 16 heavy (non-hydrogen) atoms. The molecule has 0 fully saturated rings. The van der Waals surface area contributed by atoms with E-state index in [-0.39, 0.29) is 0 Å². The molecule has 0 N–H and O–H groups in total. The van der Waals surface area contributed by atoms with Crippen LogP contribution in [0.4, 0.5) is 0 Å². The minimum Gasteiger partial charge on any atom is -0.495 e. The van der Waals surface area contributed by atoms with Crippen molar-refractivity contribution in [2.24, 2.45) is 7.05 Å². The van der Waals surface area contributed by atoms with Crippen LogP contribution in [0.3, 0.4) is 0 Å². The Bertz CT molecular complexity index is 549. The Labute approximate surface area is 94.9 Å². The van der Waals surface area contributed by atoms with Gasteiger partial charge in [-0.25, -0.2) is 0 Å². The second-order valence-electron chi connectivity index (χ2n) is 3.78. The van der Waals surface area contributed by atoms with Crippen molar-refractivity contribution in [2.45, 2.75) is 12.8 Å². The van der Waals surface area contributed by atoms with Crippen molar-refractivity contribution in [3.63, 3.8) is 0 Å². The molecule has 3 heteroatoms. The van der Waals surface area contributed by atoms with Crippen molar-refractivity contribution >= 4 is 10.9 Å². The number of hydrogen-bond acceptors (Lipinski definition) is 2. The third-order valence-electron chi connectivity index (χ3n) is 2.77. The van der Waals surface area contributed by atoms with Gasteiger partial charge < -0.3 is 9.30 Å². The van der Waals surface area contributed by atoms with Crippen LogP contribution in [-0.2, 0) is 13.5 Å². The fourth-order valence-corrected chi connectivity index (χ4v) is 2.07. The number of fused-ring (bicyclic) bond motifs is 1. The molecule has 1 aromatic carbocycles. The monoisotopic (exact) mass is 214 g/mol. The number of ether oxygens (including phenoxy) is 1. The van der Waals surface area contributed by atoms with Gasteiger partial charge in [0.2, 0.25) is 0 Å². The molecule has 3 nitrogen and oxygen atoms in total. The molecule has 0 aliphatic rings. The van der Waals surface area contributed by atoms with Gasteiger partial charge in [0.15, 0.2) is 0 Å². The lowest BCUT2D eigenvalue weighted by atomic mass is 10.1. The number of benzene rings is 1. The summed E-state index contributed by atoms with van der Waals surface area (Å²) >= 11 is 0. The quantitative estimate of drug-likeness (QED) is 0.787. The maximum absolute atomic E-state index is 8.63. The summed E-state index contributed by atoms with van der Waals surface area (Å²) in [5.41, 5.74) is 2.30. The highest BCUT2D eigenvalue weighted by Crippen LogP contribution is 2.29. The van der Waals surface area contributed by atoms with E-state index in [1.807, 2.05) is 19.2 Å². The summed E-state index contributed by atoms with van der Waals surface area (Å²) in [6.07, 6.45) is 3.42. The van der Waals surface area contributed by atoms with Crippen LogP contribution in [0.15, 0.2) is 24.4 Å². The fraction of sp³-hybridized carbons (Fsp3) is 0.308. The molecule has 0 saturated carbocycles. The summed E-state index contributed by atoms with van der Waals surface area (Å²) in [7, 11) is 3.68. The number of nitriles is 1. The predicted molar refractivity (Wildman–Crippen MR) is 63.4 cm³/mol. The molecule has 1 heterocycles. The number of para-hydroxylation sites is 1. The molecule has 2 rings (SSSR count). The molecule has 0 aliphatic carbocycles. The van der Waals surface area contributed by atoms with E-state index in [0.717, 1.165) is 17.7 Å². The zero-order valence-corrected chi connectivity index (χ0v) is 9.53. The van der Waals surface area contributed by atoms with E-state index in [1.54, 1.807) is 7.11 Å². The number of aryl methyl sites for hydroxylation is 2. The van der Waals surface area contributed by atoms with Crippen molar-refractivity contribution in [3.05, 3.63) is 30.0 Å². The second kappa shape index (κ2) is 4.28. The van der Waals surface area contributed by atoms with Crippen molar-refractivity contribution in [2.75, 3.05) is 7.11 Å². The summed E-state index contributed by atoms with van der Waals surface area (Å²) in [5, 5.41) is 9.80. The molecule has 0 aliphatic heterocycles.